The maximum absolute atomic E-state index is 11.3. The van der Waals surface area contributed by atoms with E-state index < -0.39 is 60.8 Å². The number of rotatable bonds is 7. The van der Waals surface area contributed by atoms with Crippen LogP contribution in [0.5, 0.6) is 0 Å². The number of aliphatic hydroxyl groups is 4. The molecule has 1 fully saturated rings. The molecule has 14 heteroatoms. The number of primary amides is 1. The van der Waals surface area contributed by atoms with Crippen molar-refractivity contribution in [3.63, 3.8) is 0 Å². The first-order valence-electron chi connectivity index (χ1n) is 10.4. The fourth-order valence-electron chi connectivity index (χ4n) is 2.33. The van der Waals surface area contributed by atoms with Crippen molar-refractivity contribution in [2.24, 2.45) is 5.73 Å². The van der Waals surface area contributed by atoms with Crippen molar-refractivity contribution in [3.05, 3.63) is 30.1 Å². The van der Waals surface area contributed by atoms with Crippen LogP contribution in [0.15, 0.2) is 24.5 Å². The Morgan fingerprint density at radius 3 is 2.20 bits per heavy atom. The fourth-order valence-corrected chi connectivity index (χ4v) is 2.80. The number of thioether (sulfide) groups is 1. The smallest absolute Gasteiger partial charge is 0.408 e. The molecule has 0 saturated carbocycles. The first-order valence-corrected chi connectivity index (χ1v) is 11.8. The number of aliphatic hydroxyl groups excluding tert-OH is 4. The van der Waals surface area contributed by atoms with Gasteiger partial charge in [-0.15, -0.1) is 0 Å². The number of alkyl carbamates (subject to hydrolysis) is 1. The molecule has 8 N–H and O–H groups in total. The molecule has 5 atom stereocenters. The Balaban J connectivity index is 0.000000522. The summed E-state index contributed by atoms with van der Waals surface area (Å²) in [6, 6.07) is 2.40. The molecule has 2 heterocycles. The number of carboxylic acid groups (broad SMARTS) is 1. The third-order valence-electron chi connectivity index (χ3n) is 4.06. The molecule has 0 aliphatic carbocycles. The van der Waals surface area contributed by atoms with Gasteiger partial charge in [0.05, 0.1) is 12.2 Å². The summed E-state index contributed by atoms with van der Waals surface area (Å²) in [4.78, 5) is 36.2. The van der Waals surface area contributed by atoms with Crippen molar-refractivity contribution in [1.29, 1.82) is 0 Å². The van der Waals surface area contributed by atoms with E-state index >= 15 is 0 Å². The number of hydrogen-bond acceptors (Lipinski definition) is 11. The Morgan fingerprint density at radius 2 is 1.89 bits per heavy atom. The second-order valence-electron chi connectivity index (χ2n) is 8.15. The van der Waals surface area contributed by atoms with Crippen LogP contribution in [0.1, 0.15) is 37.6 Å². The van der Waals surface area contributed by atoms with Crippen molar-refractivity contribution >= 4 is 29.7 Å². The Bertz CT molecular complexity index is 778. The summed E-state index contributed by atoms with van der Waals surface area (Å²) >= 11 is 1.53. The van der Waals surface area contributed by atoms with Gasteiger partial charge in [-0.2, -0.15) is 11.8 Å². The highest BCUT2D eigenvalue weighted by Gasteiger charge is 2.41. The summed E-state index contributed by atoms with van der Waals surface area (Å²) in [5, 5.41) is 46.2. The number of nitrogens with two attached hydrogens (primary N) is 1. The summed E-state index contributed by atoms with van der Waals surface area (Å²) in [7, 11) is 0. The summed E-state index contributed by atoms with van der Waals surface area (Å²) in [6.07, 6.45) is -0.160. The molecule has 1 aromatic rings. The van der Waals surface area contributed by atoms with Gasteiger partial charge in [-0.05, 0) is 51.3 Å². The standard InChI is InChI=1S/C10H19NO4S.C6H6N2O.C5H10O5/c1-10(2,3)15-9(14)11-7(8(12)13)5-6-16-4;7-6(9)5-2-1-3-8-4-5;6-1-2-3(7)4(8)5(9)10-2/h7H,5-6H2,1-4H3,(H,11,14)(H,12,13);1-4H,(H2,7,9);2-9H,1H2/t7-;;2-,3-,4-,5?/m0.1/s1. The number of carbonyl (C=O) groups is 3. The molecule has 1 aliphatic heterocycles. The zero-order valence-electron chi connectivity index (χ0n) is 20.0. The van der Waals surface area contributed by atoms with E-state index in [0.717, 1.165) is 0 Å². The van der Waals surface area contributed by atoms with Crippen LogP contribution in [-0.2, 0) is 14.3 Å². The van der Waals surface area contributed by atoms with E-state index in [1.165, 1.54) is 18.0 Å². The van der Waals surface area contributed by atoms with Crippen LogP contribution in [0, 0.1) is 0 Å². The van der Waals surface area contributed by atoms with Crippen LogP contribution in [-0.4, -0.2) is 103 Å². The average molecular weight is 522 g/mol. The van der Waals surface area contributed by atoms with Crippen LogP contribution >= 0.6 is 11.8 Å². The summed E-state index contributed by atoms with van der Waals surface area (Å²) in [6.45, 7) is 4.77. The van der Waals surface area contributed by atoms with Crippen LogP contribution in [0.4, 0.5) is 4.79 Å². The molecule has 2 amide bonds. The van der Waals surface area contributed by atoms with Gasteiger partial charge in [0, 0.05) is 12.4 Å². The van der Waals surface area contributed by atoms with Gasteiger partial charge in [0.25, 0.3) is 0 Å². The first-order chi connectivity index (χ1) is 16.2. The number of pyridine rings is 1. The zero-order chi connectivity index (χ0) is 27.2. The second kappa shape index (κ2) is 16.2. The molecule has 0 aromatic carbocycles. The lowest BCUT2D eigenvalue weighted by Gasteiger charge is -2.21. The van der Waals surface area contributed by atoms with Crippen LogP contribution in [0.3, 0.4) is 0 Å². The monoisotopic (exact) mass is 521 g/mol. The molecular weight excluding hydrogens is 486 g/mol. The van der Waals surface area contributed by atoms with E-state index in [1.807, 2.05) is 6.26 Å². The minimum Gasteiger partial charge on any atom is -0.480 e. The Morgan fingerprint density at radius 1 is 1.26 bits per heavy atom. The molecule has 0 spiro atoms. The number of hydrogen-bond donors (Lipinski definition) is 7. The number of aromatic nitrogens is 1. The largest absolute Gasteiger partial charge is 0.480 e. The number of nitrogens with zero attached hydrogens (tertiary/aromatic N) is 1. The quantitative estimate of drug-likeness (QED) is 0.237. The number of carboxylic acids is 1. The number of carbonyl (C=O) groups excluding carboxylic acids is 2. The van der Waals surface area contributed by atoms with Crippen molar-refractivity contribution in [3.8, 4) is 0 Å². The summed E-state index contributed by atoms with van der Waals surface area (Å²) < 4.78 is 9.52. The number of ether oxygens (including phenoxy) is 2. The van der Waals surface area contributed by atoms with E-state index in [-0.39, 0.29) is 0 Å². The molecule has 1 aliphatic rings. The molecule has 13 nitrogen and oxygen atoms in total. The minimum absolute atomic E-state index is 0.385. The second-order valence-corrected chi connectivity index (χ2v) is 9.14. The van der Waals surface area contributed by atoms with Gasteiger partial charge >= 0.3 is 12.1 Å². The third-order valence-corrected chi connectivity index (χ3v) is 4.71. The fraction of sp³-hybridized carbons (Fsp3) is 0.619. The van der Waals surface area contributed by atoms with E-state index in [4.69, 9.17) is 36.0 Å². The van der Waals surface area contributed by atoms with Crippen molar-refractivity contribution in [2.45, 2.75) is 63.4 Å². The molecule has 35 heavy (non-hydrogen) atoms. The molecule has 1 unspecified atom stereocenters. The van der Waals surface area contributed by atoms with E-state index in [9.17, 15) is 14.4 Å². The molecule has 0 bridgehead atoms. The normalized spacial score (nSPS) is 21.9. The minimum atomic E-state index is -1.38. The first kappa shape index (κ1) is 32.5. The predicted octanol–water partition coefficient (Wildman–Crippen LogP) is -0.684. The maximum atomic E-state index is 11.3. The van der Waals surface area contributed by atoms with Crippen LogP contribution < -0.4 is 11.1 Å². The van der Waals surface area contributed by atoms with Crippen molar-refractivity contribution in [1.82, 2.24) is 10.3 Å². The van der Waals surface area contributed by atoms with Gasteiger partial charge in [0.2, 0.25) is 5.91 Å². The Kier molecular flexibility index (Phi) is 15.1. The van der Waals surface area contributed by atoms with Gasteiger partial charge in [-0.3, -0.25) is 9.78 Å². The lowest BCUT2D eigenvalue weighted by molar-refractivity contribution is -0.139. The Labute approximate surface area is 207 Å². The predicted molar refractivity (Wildman–Crippen MR) is 127 cm³/mol. The van der Waals surface area contributed by atoms with Crippen molar-refractivity contribution in [2.75, 3.05) is 18.6 Å². The molecule has 0 radical (unpaired) electrons. The average Bonchev–Trinajstić information content (AvgIpc) is 3.03. The topological polar surface area (TPSA) is 222 Å². The highest BCUT2D eigenvalue weighted by atomic mass is 32.2. The molecule has 2 rings (SSSR count). The van der Waals surface area contributed by atoms with E-state index in [2.05, 4.69) is 15.0 Å². The molecular formula is C21H35N3O10S. The van der Waals surface area contributed by atoms with Gasteiger partial charge in [-0.25, -0.2) is 9.59 Å². The molecule has 1 saturated heterocycles. The third kappa shape index (κ3) is 13.9. The molecule has 200 valence electrons. The van der Waals surface area contributed by atoms with E-state index in [0.29, 0.717) is 17.7 Å². The number of amides is 2. The number of aliphatic carboxylic acids is 1. The van der Waals surface area contributed by atoms with Gasteiger partial charge in [-0.1, -0.05) is 0 Å². The zero-order valence-corrected chi connectivity index (χ0v) is 20.8. The lowest BCUT2D eigenvalue weighted by Crippen LogP contribution is -2.43. The molecule has 1 aromatic heterocycles. The number of nitrogens with one attached hydrogen (secondary N) is 1. The van der Waals surface area contributed by atoms with Crippen LogP contribution in [0.2, 0.25) is 0 Å². The van der Waals surface area contributed by atoms with Gasteiger partial charge < -0.3 is 46.1 Å². The van der Waals surface area contributed by atoms with Crippen molar-refractivity contribution < 1.29 is 49.4 Å². The summed E-state index contributed by atoms with van der Waals surface area (Å²) in [5.41, 5.74) is 4.76. The van der Waals surface area contributed by atoms with Crippen LogP contribution in [0.25, 0.3) is 0 Å². The van der Waals surface area contributed by atoms with E-state index in [1.54, 1.807) is 39.1 Å². The Hall–Kier alpha value is -2.49. The van der Waals surface area contributed by atoms with Gasteiger partial charge in [0.1, 0.15) is 30.0 Å². The SMILES string of the molecule is CSCC[C@H](NC(=O)OC(C)(C)C)C(=O)O.NC(=O)c1cccnc1.OC[C@H]1OC(O)[C@H](O)[C@@H]1O. The van der Waals surface area contributed by atoms with Gasteiger partial charge in [0.15, 0.2) is 6.29 Å². The highest BCUT2D eigenvalue weighted by molar-refractivity contribution is 7.98. The summed E-state index contributed by atoms with van der Waals surface area (Å²) in [5.74, 6) is -0.810. The maximum Gasteiger partial charge on any atom is 0.408 e. The highest BCUT2D eigenvalue weighted by Crippen LogP contribution is 2.18. The lowest BCUT2D eigenvalue weighted by atomic mass is 10.1.